The van der Waals surface area contributed by atoms with Crippen molar-refractivity contribution in [1.29, 1.82) is 0 Å². The predicted molar refractivity (Wildman–Crippen MR) is 84.5 cm³/mol. The summed E-state index contributed by atoms with van der Waals surface area (Å²) in [7, 11) is 1.60. The first-order valence-electron chi connectivity index (χ1n) is 6.99. The minimum Gasteiger partial charge on any atom is -0.497 e. The monoisotopic (exact) mass is 295 g/mol. The van der Waals surface area contributed by atoms with Gasteiger partial charge >= 0.3 is 0 Å². The number of ether oxygens (including phenoxy) is 1. The van der Waals surface area contributed by atoms with E-state index in [0.29, 0.717) is 17.4 Å². The van der Waals surface area contributed by atoms with Gasteiger partial charge in [-0.3, -0.25) is 5.10 Å². The van der Waals surface area contributed by atoms with E-state index in [4.69, 9.17) is 4.74 Å². The second-order valence-corrected chi connectivity index (χ2v) is 5.00. The molecule has 2 aromatic carbocycles. The van der Waals surface area contributed by atoms with E-state index in [1.54, 1.807) is 13.2 Å². The maximum Gasteiger partial charge on any atom is 0.181 e. The molecular formula is C17H17N3O2. The molecule has 0 aliphatic carbocycles. The molecule has 0 fully saturated rings. The number of aliphatic hydroxyl groups excluding tert-OH is 1. The van der Waals surface area contributed by atoms with Crippen LogP contribution in [0.2, 0.25) is 0 Å². The maximum atomic E-state index is 9.55. The molecule has 5 nitrogen and oxygen atoms in total. The predicted octanol–water partition coefficient (Wildman–Crippen LogP) is 2.95. The Morgan fingerprint density at radius 1 is 1.14 bits per heavy atom. The van der Waals surface area contributed by atoms with E-state index in [-0.39, 0.29) is 6.61 Å². The molecule has 0 atom stereocenters. The molecule has 112 valence electrons. The third-order valence-corrected chi connectivity index (χ3v) is 3.61. The summed E-state index contributed by atoms with van der Waals surface area (Å²) in [5, 5.41) is 16.8. The molecule has 0 bridgehead atoms. The highest BCUT2D eigenvalue weighted by molar-refractivity contribution is 5.66. The molecule has 5 heteroatoms. The number of hydrogen-bond acceptors (Lipinski definition) is 4. The van der Waals surface area contributed by atoms with Crippen LogP contribution in [0.1, 0.15) is 11.1 Å². The second kappa shape index (κ2) is 5.99. The largest absolute Gasteiger partial charge is 0.497 e. The molecule has 1 aromatic heterocycles. The molecule has 0 saturated carbocycles. The summed E-state index contributed by atoms with van der Waals surface area (Å²) in [4.78, 5) is 4.56. The first kappa shape index (κ1) is 14.3. The van der Waals surface area contributed by atoms with Crippen molar-refractivity contribution in [1.82, 2.24) is 15.2 Å². The Morgan fingerprint density at radius 2 is 1.95 bits per heavy atom. The number of methoxy groups -OCH3 is 1. The fourth-order valence-corrected chi connectivity index (χ4v) is 2.39. The quantitative estimate of drug-likeness (QED) is 0.776. The van der Waals surface area contributed by atoms with Crippen molar-refractivity contribution < 1.29 is 9.84 Å². The number of aliphatic hydroxyl groups is 1. The maximum absolute atomic E-state index is 9.55. The van der Waals surface area contributed by atoms with Gasteiger partial charge in [-0.25, -0.2) is 4.98 Å². The van der Waals surface area contributed by atoms with Gasteiger partial charge in [-0.1, -0.05) is 24.3 Å². The lowest BCUT2D eigenvalue weighted by molar-refractivity contribution is 0.281. The van der Waals surface area contributed by atoms with Gasteiger partial charge in [0.15, 0.2) is 11.6 Å². The van der Waals surface area contributed by atoms with Crippen molar-refractivity contribution in [3.8, 4) is 28.5 Å². The van der Waals surface area contributed by atoms with E-state index in [0.717, 1.165) is 22.3 Å². The van der Waals surface area contributed by atoms with E-state index < -0.39 is 0 Å². The number of aryl methyl sites for hydroxylation is 1. The number of aromatic nitrogens is 3. The van der Waals surface area contributed by atoms with Gasteiger partial charge in [0, 0.05) is 11.1 Å². The molecule has 0 unspecified atom stereocenters. The van der Waals surface area contributed by atoms with Crippen molar-refractivity contribution in [2.75, 3.05) is 7.11 Å². The van der Waals surface area contributed by atoms with Crippen LogP contribution >= 0.6 is 0 Å². The number of H-pyrrole nitrogens is 1. The normalized spacial score (nSPS) is 10.7. The van der Waals surface area contributed by atoms with Gasteiger partial charge in [-0.2, -0.15) is 5.10 Å². The van der Waals surface area contributed by atoms with Gasteiger partial charge in [-0.05, 0) is 36.2 Å². The van der Waals surface area contributed by atoms with Gasteiger partial charge < -0.3 is 9.84 Å². The Hall–Kier alpha value is -2.66. The van der Waals surface area contributed by atoms with Crippen molar-refractivity contribution in [3.05, 3.63) is 53.6 Å². The summed E-state index contributed by atoms with van der Waals surface area (Å²) in [6.07, 6.45) is 0. The molecule has 3 rings (SSSR count). The van der Waals surface area contributed by atoms with Crippen LogP contribution in [-0.4, -0.2) is 27.4 Å². The lowest BCUT2D eigenvalue weighted by Crippen LogP contribution is -1.93. The number of nitrogens with zero attached hydrogens (tertiary/aromatic N) is 2. The summed E-state index contributed by atoms with van der Waals surface area (Å²) < 4.78 is 5.18. The first-order chi connectivity index (χ1) is 10.7. The number of nitrogens with one attached hydrogen (secondary N) is 1. The molecular weight excluding hydrogens is 278 g/mol. The third kappa shape index (κ3) is 2.58. The molecule has 0 aliphatic heterocycles. The van der Waals surface area contributed by atoms with Gasteiger partial charge in [0.25, 0.3) is 0 Å². The number of benzene rings is 2. The fraction of sp³-hybridized carbons (Fsp3) is 0.176. The molecule has 0 aliphatic rings. The molecule has 0 radical (unpaired) electrons. The summed E-state index contributed by atoms with van der Waals surface area (Å²) in [5.74, 6) is 1.98. The smallest absolute Gasteiger partial charge is 0.181 e. The Morgan fingerprint density at radius 3 is 2.68 bits per heavy atom. The third-order valence-electron chi connectivity index (χ3n) is 3.61. The van der Waals surface area contributed by atoms with Crippen molar-refractivity contribution in [2.45, 2.75) is 13.5 Å². The SMILES string of the molecule is COc1ccc(-c2nc(-c3ccccc3C)n[nH]2)c(CO)c1. The molecule has 22 heavy (non-hydrogen) atoms. The Labute approximate surface area is 128 Å². The topological polar surface area (TPSA) is 71.0 Å². The van der Waals surface area contributed by atoms with Gasteiger partial charge in [0.2, 0.25) is 0 Å². The summed E-state index contributed by atoms with van der Waals surface area (Å²) >= 11 is 0. The van der Waals surface area contributed by atoms with Crippen LogP contribution in [0.3, 0.4) is 0 Å². The lowest BCUT2D eigenvalue weighted by atomic mass is 10.1. The van der Waals surface area contributed by atoms with Crippen LogP contribution in [-0.2, 0) is 6.61 Å². The number of rotatable bonds is 4. The lowest BCUT2D eigenvalue weighted by Gasteiger charge is -2.07. The highest BCUT2D eigenvalue weighted by Gasteiger charge is 2.13. The molecule has 3 aromatic rings. The van der Waals surface area contributed by atoms with Gasteiger partial charge in [0.1, 0.15) is 5.75 Å². The second-order valence-electron chi connectivity index (χ2n) is 5.00. The molecule has 0 saturated heterocycles. The average Bonchev–Trinajstić information content (AvgIpc) is 3.04. The summed E-state index contributed by atoms with van der Waals surface area (Å²) in [6.45, 7) is 1.94. The van der Waals surface area contributed by atoms with Crippen LogP contribution in [0.15, 0.2) is 42.5 Å². The number of hydrogen-bond donors (Lipinski definition) is 2. The summed E-state index contributed by atoms with van der Waals surface area (Å²) in [6, 6.07) is 13.5. The van der Waals surface area contributed by atoms with Crippen LogP contribution in [0.4, 0.5) is 0 Å². The Balaban J connectivity index is 2.03. The van der Waals surface area contributed by atoms with E-state index in [2.05, 4.69) is 15.2 Å². The zero-order valence-electron chi connectivity index (χ0n) is 12.5. The Kier molecular flexibility index (Phi) is 3.89. The van der Waals surface area contributed by atoms with Crippen molar-refractivity contribution in [3.63, 3.8) is 0 Å². The minimum absolute atomic E-state index is 0.0903. The Bertz CT molecular complexity index is 796. The first-order valence-corrected chi connectivity index (χ1v) is 6.99. The average molecular weight is 295 g/mol. The molecule has 0 spiro atoms. The standard InChI is InChI=1S/C17H17N3O2/c1-11-5-3-4-6-14(11)16-18-17(20-19-16)15-8-7-13(22-2)9-12(15)10-21/h3-9,21H,10H2,1-2H3,(H,18,19,20). The molecule has 0 amide bonds. The van der Waals surface area contributed by atoms with Crippen LogP contribution in [0, 0.1) is 6.92 Å². The zero-order chi connectivity index (χ0) is 15.5. The highest BCUT2D eigenvalue weighted by Crippen LogP contribution is 2.27. The fourth-order valence-electron chi connectivity index (χ4n) is 2.39. The van der Waals surface area contributed by atoms with Crippen LogP contribution < -0.4 is 4.74 Å². The van der Waals surface area contributed by atoms with E-state index in [1.165, 1.54) is 0 Å². The van der Waals surface area contributed by atoms with E-state index in [9.17, 15) is 5.11 Å². The van der Waals surface area contributed by atoms with E-state index in [1.807, 2.05) is 43.3 Å². The minimum atomic E-state index is -0.0903. The summed E-state index contributed by atoms with van der Waals surface area (Å²) in [5.41, 5.74) is 3.66. The van der Waals surface area contributed by atoms with Crippen LogP contribution in [0.25, 0.3) is 22.8 Å². The van der Waals surface area contributed by atoms with Crippen molar-refractivity contribution in [2.24, 2.45) is 0 Å². The molecule has 2 N–H and O–H groups in total. The van der Waals surface area contributed by atoms with Crippen LogP contribution in [0.5, 0.6) is 5.75 Å². The van der Waals surface area contributed by atoms with Crippen molar-refractivity contribution >= 4 is 0 Å². The number of aromatic amines is 1. The molecule has 1 heterocycles. The zero-order valence-corrected chi connectivity index (χ0v) is 12.5. The van der Waals surface area contributed by atoms with E-state index >= 15 is 0 Å². The van der Waals surface area contributed by atoms with Gasteiger partial charge in [0.05, 0.1) is 13.7 Å². The van der Waals surface area contributed by atoms with Gasteiger partial charge in [-0.15, -0.1) is 0 Å². The highest BCUT2D eigenvalue weighted by atomic mass is 16.5.